The fraction of sp³-hybridized carbons (Fsp3) is 0.714. The van der Waals surface area contributed by atoms with E-state index in [0.29, 0.717) is 24.0 Å². The third-order valence-corrected chi connectivity index (χ3v) is 4.62. The third kappa shape index (κ3) is 4.18. The normalized spacial score (nSPS) is 20.1. The molecule has 2 rings (SSSR count). The first-order valence-corrected chi connectivity index (χ1v) is 8.08. The molecule has 1 aromatic rings. The second-order valence-corrected chi connectivity index (χ2v) is 6.52. The number of hydrogen-bond acceptors (Lipinski definition) is 5. The molecular weight excluding hydrogens is 272 g/mol. The molecule has 1 aliphatic heterocycles. The van der Waals surface area contributed by atoms with Gasteiger partial charge in [0.15, 0.2) is 5.13 Å². The summed E-state index contributed by atoms with van der Waals surface area (Å²) in [5.41, 5.74) is 6.54. The molecule has 0 radical (unpaired) electrons. The van der Waals surface area contributed by atoms with Crippen molar-refractivity contribution >= 4 is 22.4 Å². The maximum Gasteiger partial charge on any atom is 0.223 e. The number of hydrogen-bond donors (Lipinski definition) is 1. The van der Waals surface area contributed by atoms with Crippen molar-refractivity contribution in [3.05, 3.63) is 11.1 Å². The molecule has 20 heavy (non-hydrogen) atoms. The Hall–Kier alpha value is -1.14. The molecular formula is C14H24N4OS. The van der Waals surface area contributed by atoms with Crippen molar-refractivity contribution < 1.29 is 4.79 Å². The minimum Gasteiger partial charge on any atom is -0.375 e. The van der Waals surface area contributed by atoms with Crippen LogP contribution in [-0.2, 0) is 11.2 Å². The second-order valence-electron chi connectivity index (χ2n) is 5.63. The van der Waals surface area contributed by atoms with Crippen molar-refractivity contribution in [2.45, 2.75) is 38.1 Å². The number of rotatable bonds is 4. The largest absolute Gasteiger partial charge is 0.375 e. The Labute approximate surface area is 124 Å². The first-order chi connectivity index (χ1) is 9.56. The van der Waals surface area contributed by atoms with Crippen LogP contribution < -0.4 is 5.73 Å². The standard InChI is InChI=1S/C14H24N4OS/c1-17(2)12-5-3-4-8-18(9-12)13(19)7-6-11-10-20-14(15)16-11/h10,12H,3-9H2,1-2H3,(H2,15,16)/t12-/m0/s1. The van der Waals surface area contributed by atoms with Crippen molar-refractivity contribution in [2.24, 2.45) is 0 Å². The molecule has 2 N–H and O–H groups in total. The molecule has 6 heteroatoms. The second kappa shape index (κ2) is 7.04. The number of anilines is 1. The van der Waals surface area contributed by atoms with Crippen molar-refractivity contribution in [2.75, 3.05) is 32.9 Å². The number of nitrogens with two attached hydrogens (primary N) is 1. The van der Waals surface area contributed by atoms with E-state index in [1.807, 2.05) is 10.3 Å². The van der Waals surface area contributed by atoms with Crippen LogP contribution in [0.1, 0.15) is 31.4 Å². The Morgan fingerprint density at radius 2 is 2.35 bits per heavy atom. The smallest absolute Gasteiger partial charge is 0.223 e. The summed E-state index contributed by atoms with van der Waals surface area (Å²) in [7, 11) is 4.19. The van der Waals surface area contributed by atoms with Gasteiger partial charge in [-0.1, -0.05) is 6.42 Å². The van der Waals surface area contributed by atoms with Crippen molar-refractivity contribution in [3.8, 4) is 0 Å². The van der Waals surface area contributed by atoms with Crippen LogP contribution in [0.2, 0.25) is 0 Å². The molecule has 0 bridgehead atoms. The average Bonchev–Trinajstić information content (AvgIpc) is 2.68. The van der Waals surface area contributed by atoms with E-state index >= 15 is 0 Å². The molecule has 2 heterocycles. The SMILES string of the molecule is CN(C)[C@H]1CCCCN(C(=O)CCc2csc(N)n2)C1. The molecule has 1 fully saturated rings. The fourth-order valence-electron chi connectivity index (χ4n) is 2.60. The summed E-state index contributed by atoms with van der Waals surface area (Å²) < 4.78 is 0. The summed E-state index contributed by atoms with van der Waals surface area (Å²) in [5.74, 6) is 0.241. The molecule has 1 aliphatic rings. The number of aryl methyl sites for hydroxylation is 1. The highest BCUT2D eigenvalue weighted by Gasteiger charge is 2.23. The van der Waals surface area contributed by atoms with Gasteiger partial charge in [0, 0.05) is 30.9 Å². The summed E-state index contributed by atoms with van der Waals surface area (Å²) in [4.78, 5) is 20.8. The van der Waals surface area contributed by atoms with Crippen molar-refractivity contribution in [1.82, 2.24) is 14.8 Å². The molecule has 1 amide bonds. The predicted molar refractivity (Wildman–Crippen MR) is 82.8 cm³/mol. The van der Waals surface area contributed by atoms with Gasteiger partial charge in [0.1, 0.15) is 0 Å². The lowest BCUT2D eigenvalue weighted by Gasteiger charge is -2.28. The van der Waals surface area contributed by atoms with Crippen molar-refractivity contribution in [3.63, 3.8) is 0 Å². The van der Waals surface area contributed by atoms with E-state index in [9.17, 15) is 4.79 Å². The van der Waals surface area contributed by atoms with Crippen LogP contribution >= 0.6 is 11.3 Å². The number of thiazole rings is 1. The van der Waals surface area contributed by atoms with Crippen LogP contribution in [0, 0.1) is 0 Å². The minimum atomic E-state index is 0.241. The van der Waals surface area contributed by atoms with Crippen LogP contribution in [0.4, 0.5) is 5.13 Å². The van der Waals surface area contributed by atoms with Crippen LogP contribution in [0.3, 0.4) is 0 Å². The highest BCUT2D eigenvalue weighted by Crippen LogP contribution is 2.17. The Morgan fingerprint density at radius 1 is 1.55 bits per heavy atom. The van der Waals surface area contributed by atoms with E-state index < -0.39 is 0 Å². The van der Waals surface area contributed by atoms with E-state index in [2.05, 4.69) is 24.0 Å². The summed E-state index contributed by atoms with van der Waals surface area (Å²) in [6.45, 7) is 1.74. The average molecular weight is 296 g/mol. The summed E-state index contributed by atoms with van der Waals surface area (Å²) in [5, 5.41) is 2.52. The van der Waals surface area contributed by atoms with Gasteiger partial charge in [0.05, 0.1) is 5.69 Å². The molecule has 0 aliphatic carbocycles. The molecule has 1 saturated heterocycles. The number of likely N-dealkylation sites (N-methyl/N-ethyl adjacent to an activating group) is 1. The lowest BCUT2D eigenvalue weighted by molar-refractivity contribution is -0.131. The van der Waals surface area contributed by atoms with E-state index in [4.69, 9.17) is 5.73 Å². The van der Waals surface area contributed by atoms with E-state index in [1.54, 1.807) is 0 Å². The lowest BCUT2D eigenvalue weighted by atomic mass is 10.1. The first kappa shape index (κ1) is 15.3. The number of carbonyl (C=O) groups is 1. The van der Waals surface area contributed by atoms with Gasteiger partial charge in [-0.3, -0.25) is 4.79 Å². The van der Waals surface area contributed by atoms with Crippen LogP contribution in [-0.4, -0.2) is 53.9 Å². The van der Waals surface area contributed by atoms with E-state index in [-0.39, 0.29) is 5.91 Å². The van der Waals surface area contributed by atoms with Gasteiger partial charge in [0.25, 0.3) is 0 Å². The highest BCUT2D eigenvalue weighted by atomic mass is 32.1. The van der Waals surface area contributed by atoms with Gasteiger partial charge < -0.3 is 15.5 Å². The van der Waals surface area contributed by atoms with Crippen LogP contribution in [0.25, 0.3) is 0 Å². The van der Waals surface area contributed by atoms with Gasteiger partial charge in [-0.2, -0.15) is 0 Å². The van der Waals surface area contributed by atoms with E-state index in [0.717, 1.165) is 25.2 Å². The van der Waals surface area contributed by atoms with Crippen LogP contribution in [0.5, 0.6) is 0 Å². The minimum absolute atomic E-state index is 0.241. The highest BCUT2D eigenvalue weighted by molar-refractivity contribution is 7.13. The summed E-state index contributed by atoms with van der Waals surface area (Å²) >= 11 is 1.43. The predicted octanol–water partition coefficient (Wildman–Crippen LogP) is 1.60. The van der Waals surface area contributed by atoms with Gasteiger partial charge in [0.2, 0.25) is 5.91 Å². The molecule has 0 aromatic carbocycles. The zero-order chi connectivity index (χ0) is 14.5. The lowest BCUT2D eigenvalue weighted by Crippen LogP contribution is -2.42. The number of nitrogen functional groups attached to an aromatic ring is 1. The van der Waals surface area contributed by atoms with Gasteiger partial charge in [-0.05, 0) is 33.4 Å². The molecule has 5 nitrogen and oxygen atoms in total. The number of likely N-dealkylation sites (tertiary alicyclic amines) is 1. The molecule has 0 spiro atoms. The molecule has 0 unspecified atom stereocenters. The van der Waals surface area contributed by atoms with E-state index in [1.165, 1.54) is 24.2 Å². The van der Waals surface area contributed by atoms with Crippen LogP contribution in [0.15, 0.2) is 5.38 Å². The monoisotopic (exact) mass is 296 g/mol. The molecule has 1 atom stereocenters. The molecule has 1 aromatic heterocycles. The number of amides is 1. The van der Waals surface area contributed by atoms with Gasteiger partial charge in [-0.25, -0.2) is 4.98 Å². The van der Waals surface area contributed by atoms with Crippen molar-refractivity contribution in [1.29, 1.82) is 0 Å². The third-order valence-electron chi connectivity index (χ3n) is 3.89. The topological polar surface area (TPSA) is 62.5 Å². The number of nitrogens with zero attached hydrogens (tertiary/aromatic N) is 3. The van der Waals surface area contributed by atoms with Gasteiger partial charge in [-0.15, -0.1) is 11.3 Å². The Bertz CT molecular complexity index is 446. The Morgan fingerprint density at radius 3 is 3.00 bits per heavy atom. The Kier molecular flexibility index (Phi) is 5.37. The number of carbonyl (C=O) groups excluding carboxylic acids is 1. The molecule has 112 valence electrons. The first-order valence-electron chi connectivity index (χ1n) is 7.20. The Balaban J connectivity index is 1.87. The maximum absolute atomic E-state index is 12.4. The quantitative estimate of drug-likeness (QED) is 0.917. The summed E-state index contributed by atoms with van der Waals surface area (Å²) in [6, 6.07) is 0.483. The summed E-state index contributed by atoms with van der Waals surface area (Å²) in [6.07, 6.45) is 4.72. The maximum atomic E-state index is 12.4. The fourth-order valence-corrected chi connectivity index (χ4v) is 3.20. The zero-order valence-corrected chi connectivity index (χ0v) is 13.2. The number of aromatic nitrogens is 1. The van der Waals surface area contributed by atoms with Gasteiger partial charge >= 0.3 is 0 Å². The zero-order valence-electron chi connectivity index (χ0n) is 12.3. The molecule has 0 saturated carbocycles.